The second kappa shape index (κ2) is 11.2. The predicted octanol–water partition coefficient (Wildman–Crippen LogP) is 2.17. The molecule has 2 aromatic carbocycles. The lowest BCUT2D eigenvalue weighted by molar-refractivity contribution is -0.149. The SMILES string of the molecule is CCOC(=O)[C@H]1CCCN(C(=O)c2nn(-c3ccc(OC)cc3)c(=O)n(Cc3ccccc3C)c2=O)C1. The highest BCUT2D eigenvalue weighted by Gasteiger charge is 2.32. The Kier molecular flexibility index (Phi) is 7.86. The molecule has 1 saturated heterocycles. The number of rotatable bonds is 7. The van der Waals surface area contributed by atoms with Gasteiger partial charge in [-0.25, -0.2) is 4.79 Å². The van der Waals surface area contributed by atoms with Crippen molar-refractivity contribution in [3.05, 3.63) is 86.2 Å². The minimum absolute atomic E-state index is 0.0191. The molecule has 0 bridgehead atoms. The molecular formula is C27H30N4O6. The predicted molar refractivity (Wildman–Crippen MR) is 136 cm³/mol. The molecule has 10 nitrogen and oxygen atoms in total. The van der Waals surface area contributed by atoms with Gasteiger partial charge in [0, 0.05) is 13.1 Å². The first-order valence-corrected chi connectivity index (χ1v) is 12.2. The first-order valence-electron chi connectivity index (χ1n) is 12.2. The van der Waals surface area contributed by atoms with E-state index in [1.807, 2.05) is 31.2 Å². The molecule has 194 valence electrons. The van der Waals surface area contributed by atoms with Crippen molar-refractivity contribution < 1.29 is 19.1 Å². The van der Waals surface area contributed by atoms with Gasteiger partial charge in [-0.05, 0) is 62.1 Å². The molecule has 0 N–H and O–H groups in total. The van der Waals surface area contributed by atoms with Gasteiger partial charge in [0.2, 0.25) is 5.69 Å². The van der Waals surface area contributed by atoms with E-state index >= 15 is 0 Å². The van der Waals surface area contributed by atoms with Gasteiger partial charge in [0.15, 0.2) is 0 Å². The molecule has 1 aliphatic rings. The Morgan fingerprint density at radius 3 is 2.49 bits per heavy atom. The normalized spacial score (nSPS) is 15.3. The van der Waals surface area contributed by atoms with Crippen LogP contribution in [-0.4, -0.2) is 57.9 Å². The van der Waals surface area contributed by atoms with Gasteiger partial charge in [-0.3, -0.25) is 19.0 Å². The van der Waals surface area contributed by atoms with Crippen LogP contribution in [0.3, 0.4) is 0 Å². The number of nitrogens with zero attached hydrogens (tertiary/aromatic N) is 4. The van der Waals surface area contributed by atoms with Gasteiger partial charge < -0.3 is 14.4 Å². The topological polar surface area (TPSA) is 113 Å². The third-order valence-electron chi connectivity index (χ3n) is 6.50. The van der Waals surface area contributed by atoms with Gasteiger partial charge in [0.1, 0.15) is 5.75 Å². The monoisotopic (exact) mass is 506 g/mol. The molecule has 37 heavy (non-hydrogen) atoms. The van der Waals surface area contributed by atoms with E-state index in [1.54, 1.807) is 31.2 Å². The summed E-state index contributed by atoms with van der Waals surface area (Å²) in [6.07, 6.45) is 1.18. The number of aryl methyl sites for hydroxylation is 1. The Balaban J connectivity index is 1.79. The number of ether oxygens (including phenoxy) is 2. The third kappa shape index (κ3) is 5.47. The fraction of sp³-hybridized carbons (Fsp3) is 0.370. The van der Waals surface area contributed by atoms with Gasteiger partial charge >= 0.3 is 11.7 Å². The van der Waals surface area contributed by atoms with Gasteiger partial charge in [0.05, 0.1) is 31.9 Å². The summed E-state index contributed by atoms with van der Waals surface area (Å²) in [5, 5.41) is 4.23. The molecule has 1 amide bonds. The summed E-state index contributed by atoms with van der Waals surface area (Å²) in [5.41, 5.74) is 0.227. The lowest BCUT2D eigenvalue weighted by Gasteiger charge is -2.31. The Morgan fingerprint density at radius 1 is 1.08 bits per heavy atom. The van der Waals surface area contributed by atoms with Gasteiger partial charge in [-0.2, -0.15) is 9.78 Å². The number of aromatic nitrogens is 3. The summed E-state index contributed by atoms with van der Waals surface area (Å²) in [5.74, 6) is -0.882. The fourth-order valence-corrected chi connectivity index (χ4v) is 4.40. The zero-order valence-corrected chi connectivity index (χ0v) is 21.2. The number of carbonyl (C=O) groups is 2. The van der Waals surface area contributed by atoms with Crippen LogP contribution in [0.15, 0.2) is 58.1 Å². The summed E-state index contributed by atoms with van der Waals surface area (Å²) in [7, 11) is 1.53. The Hall–Kier alpha value is -4.21. The van der Waals surface area contributed by atoms with E-state index < -0.39 is 23.1 Å². The zero-order chi connectivity index (χ0) is 26.5. The molecule has 3 aromatic rings. The summed E-state index contributed by atoms with van der Waals surface area (Å²) in [4.78, 5) is 54.3. The number of likely N-dealkylation sites (tertiary alicyclic amines) is 1. The van der Waals surface area contributed by atoms with E-state index in [0.29, 0.717) is 30.8 Å². The van der Waals surface area contributed by atoms with Gasteiger partial charge in [-0.1, -0.05) is 24.3 Å². The van der Waals surface area contributed by atoms with Crippen molar-refractivity contribution in [2.24, 2.45) is 5.92 Å². The average Bonchev–Trinajstić information content (AvgIpc) is 2.92. The van der Waals surface area contributed by atoms with Crippen molar-refractivity contribution in [3.63, 3.8) is 0 Å². The van der Waals surface area contributed by atoms with Crippen molar-refractivity contribution >= 4 is 11.9 Å². The van der Waals surface area contributed by atoms with E-state index in [9.17, 15) is 19.2 Å². The van der Waals surface area contributed by atoms with E-state index in [0.717, 1.165) is 20.4 Å². The van der Waals surface area contributed by atoms with Crippen LogP contribution in [0.1, 0.15) is 41.4 Å². The van der Waals surface area contributed by atoms with Crippen molar-refractivity contribution in [3.8, 4) is 11.4 Å². The fourth-order valence-electron chi connectivity index (χ4n) is 4.40. The Labute approximate surface area is 214 Å². The number of esters is 1. The summed E-state index contributed by atoms with van der Waals surface area (Å²) >= 11 is 0. The quantitative estimate of drug-likeness (QED) is 0.452. The molecule has 0 radical (unpaired) electrons. The van der Waals surface area contributed by atoms with E-state index in [1.165, 1.54) is 12.0 Å². The van der Waals surface area contributed by atoms with Crippen LogP contribution in [0.2, 0.25) is 0 Å². The highest BCUT2D eigenvalue weighted by Crippen LogP contribution is 2.19. The number of methoxy groups -OCH3 is 1. The standard InChI is InChI=1S/C27H30N4O6/c1-4-37-26(34)20-10-7-15-29(16-20)24(32)23-25(33)30(17-19-9-6-5-8-18(19)2)27(35)31(28-23)21-11-13-22(36-3)14-12-21/h5-6,8-9,11-14,20H,4,7,10,15-17H2,1-3H3/t20-/m0/s1. The number of benzene rings is 2. The maximum absolute atomic E-state index is 13.6. The molecule has 2 heterocycles. The van der Waals surface area contributed by atoms with E-state index in [4.69, 9.17) is 9.47 Å². The molecule has 1 aromatic heterocycles. The van der Waals surface area contributed by atoms with E-state index in [-0.39, 0.29) is 31.4 Å². The lowest BCUT2D eigenvalue weighted by Crippen LogP contribution is -2.49. The van der Waals surface area contributed by atoms with Crippen molar-refractivity contribution in [1.29, 1.82) is 0 Å². The maximum atomic E-state index is 13.6. The number of amides is 1. The van der Waals surface area contributed by atoms with Crippen LogP contribution in [-0.2, 0) is 16.1 Å². The van der Waals surface area contributed by atoms with Crippen LogP contribution < -0.4 is 16.0 Å². The molecule has 0 spiro atoms. The highest BCUT2D eigenvalue weighted by molar-refractivity contribution is 5.92. The van der Waals surface area contributed by atoms with Gasteiger partial charge in [0.25, 0.3) is 11.5 Å². The van der Waals surface area contributed by atoms with Gasteiger partial charge in [-0.15, -0.1) is 0 Å². The summed E-state index contributed by atoms with van der Waals surface area (Å²) in [6, 6.07) is 14.0. The largest absolute Gasteiger partial charge is 0.497 e. The molecule has 0 aliphatic carbocycles. The molecule has 4 rings (SSSR count). The van der Waals surface area contributed by atoms with Crippen LogP contribution in [0.25, 0.3) is 5.69 Å². The van der Waals surface area contributed by atoms with Crippen molar-refractivity contribution in [1.82, 2.24) is 19.2 Å². The Morgan fingerprint density at radius 2 is 1.81 bits per heavy atom. The average molecular weight is 507 g/mol. The number of carbonyl (C=O) groups excluding carboxylic acids is 2. The van der Waals surface area contributed by atoms with Crippen LogP contribution in [0.4, 0.5) is 0 Å². The summed E-state index contributed by atoms with van der Waals surface area (Å²) in [6.45, 7) is 4.34. The second-order valence-corrected chi connectivity index (χ2v) is 8.90. The molecule has 0 unspecified atom stereocenters. The number of piperidine rings is 1. The number of hydrogen-bond donors (Lipinski definition) is 0. The maximum Gasteiger partial charge on any atom is 0.352 e. The van der Waals surface area contributed by atoms with Crippen molar-refractivity contribution in [2.75, 3.05) is 26.8 Å². The molecular weight excluding hydrogens is 476 g/mol. The van der Waals surface area contributed by atoms with Crippen molar-refractivity contribution in [2.45, 2.75) is 33.2 Å². The van der Waals surface area contributed by atoms with Crippen LogP contribution in [0.5, 0.6) is 5.75 Å². The zero-order valence-electron chi connectivity index (χ0n) is 21.2. The van der Waals surface area contributed by atoms with E-state index in [2.05, 4.69) is 5.10 Å². The number of hydrogen-bond acceptors (Lipinski definition) is 7. The smallest absolute Gasteiger partial charge is 0.352 e. The third-order valence-corrected chi connectivity index (χ3v) is 6.50. The Bertz CT molecular complexity index is 1410. The van der Waals surface area contributed by atoms with Crippen LogP contribution in [0, 0.1) is 12.8 Å². The molecule has 1 atom stereocenters. The molecule has 0 saturated carbocycles. The van der Waals surface area contributed by atoms with Crippen LogP contribution >= 0.6 is 0 Å². The highest BCUT2D eigenvalue weighted by atomic mass is 16.5. The summed E-state index contributed by atoms with van der Waals surface area (Å²) < 4.78 is 12.4. The molecule has 1 aliphatic heterocycles. The minimum atomic E-state index is -0.777. The first kappa shape index (κ1) is 25.9. The lowest BCUT2D eigenvalue weighted by atomic mass is 9.98. The second-order valence-electron chi connectivity index (χ2n) is 8.90. The first-order chi connectivity index (χ1) is 17.8. The molecule has 10 heteroatoms. The minimum Gasteiger partial charge on any atom is -0.497 e. The molecule has 1 fully saturated rings.